The summed E-state index contributed by atoms with van der Waals surface area (Å²) >= 11 is 6.89. The lowest BCUT2D eigenvalue weighted by Gasteiger charge is -2.12. The molecule has 0 atom stereocenters. The summed E-state index contributed by atoms with van der Waals surface area (Å²) in [6, 6.07) is 8.70. The van der Waals surface area contributed by atoms with Crippen LogP contribution < -0.4 is 9.46 Å². The molecule has 0 spiro atoms. The molecule has 0 aliphatic carbocycles. The second kappa shape index (κ2) is 9.52. The molecule has 0 aliphatic rings. The maximum Gasteiger partial charge on any atom is 0.416 e. The summed E-state index contributed by atoms with van der Waals surface area (Å²) in [5.74, 6) is -3.13. The van der Waals surface area contributed by atoms with Gasteiger partial charge in [-0.3, -0.25) is 4.72 Å². The van der Waals surface area contributed by atoms with E-state index in [1.165, 1.54) is 24.3 Å². The lowest BCUT2D eigenvalue weighted by atomic mass is 10.1. The van der Waals surface area contributed by atoms with E-state index < -0.39 is 45.2 Å². The number of rotatable bonds is 8. The van der Waals surface area contributed by atoms with E-state index in [-0.39, 0.29) is 31.8 Å². The molecule has 180 valence electrons. The molecule has 0 aliphatic heterocycles. The molecule has 3 N–H and O–H groups in total. The third kappa shape index (κ3) is 5.61. The number of aliphatic carboxylic acids is 1. The zero-order valence-electron chi connectivity index (χ0n) is 16.6. The maximum atomic E-state index is 12.9. The van der Waals surface area contributed by atoms with Gasteiger partial charge in [0.2, 0.25) is 0 Å². The van der Waals surface area contributed by atoms with Crippen LogP contribution in [0.25, 0.3) is 10.4 Å². The molecule has 0 saturated carbocycles. The van der Waals surface area contributed by atoms with Gasteiger partial charge in [0.05, 0.1) is 15.3 Å². The Bertz CT molecular complexity index is 1370. The summed E-state index contributed by atoms with van der Waals surface area (Å²) in [6.45, 7) is -0.840. The van der Waals surface area contributed by atoms with Crippen LogP contribution in [0.5, 0.6) is 5.75 Å². The molecule has 2 aromatic carbocycles. The standard InChI is InChI=1S/C20H13ClF3NO7S2/c21-15-16(32-9-14(26)27)18(19(28)29)33-17(15)10-3-1-5-12(7-10)25-34(30,31)13-6-2-4-11(8-13)20(22,23)24/h1-8,25H,9H2,(H,26,27)(H,28,29). The molecule has 3 aromatic rings. The Morgan fingerprint density at radius 1 is 1.09 bits per heavy atom. The van der Waals surface area contributed by atoms with Crippen LogP contribution in [0.3, 0.4) is 0 Å². The summed E-state index contributed by atoms with van der Waals surface area (Å²) in [7, 11) is -4.40. The molecule has 0 amide bonds. The van der Waals surface area contributed by atoms with Gasteiger partial charge in [0, 0.05) is 5.69 Å². The lowest BCUT2D eigenvalue weighted by Crippen LogP contribution is -2.14. The van der Waals surface area contributed by atoms with Crippen LogP contribution in [0, 0.1) is 0 Å². The van der Waals surface area contributed by atoms with Crippen LogP contribution >= 0.6 is 22.9 Å². The molecule has 3 rings (SSSR count). The minimum Gasteiger partial charge on any atom is -0.479 e. The van der Waals surface area contributed by atoms with Gasteiger partial charge in [0.15, 0.2) is 17.2 Å². The Morgan fingerprint density at radius 2 is 1.76 bits per heavy atom. The van der Waals surface area contributed by atoms with Crippen molar-refractivity contribution in [2.45, 2.75) is 11.1 Å². The second-order valence-corrected chi connectivity index (χ2v) is 9.68. The fourth-order valence-electron chi connectivity index (χ4n) is 2.76. The van der Waals surface area contributed by atoms with E-state index in [9.17, 15) is 36.3 Å². The Hall–Kier alpha value is -3.29. The number of carboxylic acid groups (broad SMARTS) is 2. The van der Waals surface area contributed by atoms with E-state index in [1.54, 1.807) is 0 Å². The highest BCUT2D eigenvalue weighted by molar-refractivity contribution is 7.92. The number of ether oxygens (including phenoxy) is 1. The lowest BCUT2D eigenvalue weighted by molar-refractivity contribution is -0.139. The molecular weight excluding hydrogens is 523 g/mol. The number of sulfonamides is 1. The Kier molecular flexibility index (Phi) is 7.10. The average molecular weight is 536 g/mol. The first-order valence-corrected chi connectivity index (χ1v) is 11.7. The number of benzene rings is 2. The predicted octanol–water partition coefficient (Wildman–Crippen LogP) is 5.05. The number of carbonyl (C=O) groups is 2. The highest BCUT2D eigenvalue weighted by atomic mass is 35.5. The zero-order chi connectivity index (χ0) is 25.3. The number of anilines is 1. The topological polar surface area (TPSA) is 130 Å². The van der Waals surface area contributed by atoms with E-state index in [0.717, 1.165) is 18.2 Å². The summed E-state index contributed by atoms with van der Waals surface area (Å²) in [5.41, 5.74) is -0.916. The minimum absolute atomic E-state index is 0.0377. The van der Waals surface area contributed by atoms with Gasteiger partial charge in [-0.1, -0.05) is 29.8 Å². The van der Waals surface area contributed by atoms with Crippen molar-refractivity contribution >= 4 is 50.6 Å². The van der Waals surface area contributed by atoms with Crippen LogP contribution in [0.15, 0.2) is 53.4 Å². The highest BCUT2D eigenvalue weighted by Crippen LogP contribution is 2.46. The predicted molar refractivity (Wildman–Crippen MR) is 117 cm³/mol. The molecule has 14 heteroatoms. The van der Waals surface area contributed by atoms with Gasteiger partial charge >= 0.3 is 18.1 Å². The van der Waals surface area contributed by atoms with Gasteiger partial charge in [-0.05, 0) is 35.9 Å². The molecular formula is C20H13ClF3NO7S2. The van der Waals surface area contributed by atoms with E-state index in [0.29, 0.717) is 17.4 Å². The fraction of sp³-hybridized carbons (Fsp3) is 0.100. The van der Waals surface area contributed by atoms with E-state index >= 15 is 0 Å². The number of hydrogen-bond donors (Lipinski definition) is 3. The first-order valence-electron chi connectivity index (χ1n) is 9.00. The number of hydrogen-bond acceptors (Lipinski definition) is 6. The fourth-order valence-corrected chi connectivity index (χ4v) is 5.26. The zero-order valence-corrected chi connectivity index (χ0v) is 19.0. The smallest absolute Gasteiger partial charge is 0.416 e. The molecule has 1 heterocycles. The first kappa shape index (κ1) is 25.3. The molecule has 34 heavy (non-hydrogen) atoms. The van der Waals surface area contributed by atoms with Gasteiger partial charge in [0.25, 0.3) is 10.0 Å². The second-order valence-electron chi connectivity index (χ2n) is 6.60. The number of thiophene rings is 1. The third-order valence-electron chi connectivity index (χ3n) is 4.19. The number of aromatic carboxylic acids is 1. The van der Waals surface area contributed by atoms with Crippen molar-refractivity contribution in [1.82, 2.24) is 0 Å². The molecule has 0 fully saturated rings. The number of nitrogens with one attached hydrogen (secondary N) is 1. The van der Waals surface area contributed by atoms with Crippen molar-refractivity contribution in [3.05, 3.63) is 64.0 Å². The third-order valence-corrected chi connectivity index (χ3v) is 7.25. The Morgan fingerprint density at radius 3 is 2.38 bits per heavy atom. The minimum atomic E-state index is -4.73. The SMILES string of the molecule is O=C(O)COc1c(C(=O)O)sc(-c2cccc(NS(=O)(=O)c3cccc(C(F)(F)F)c3)c2)c1Cl. The van der Waals surface area contributed by atoms with E-state index in [4.69, 9.17) is 21.4 Å². The molecule has 0 bridgehead atoms. The highest BCUT2D eigenvalue weighted by Gasteiger charge is 2.32. The normalized spacial score (nSPS) is 11.8. The number of carboxylic acids is 2. The van der Waals surface area contributed by atoms with Crippen molar-refractivity contribution in [1.29, 1.82) is 0 Å². The molecule has 0 radical (unpaired) electrons. The van der Waals surface area contributed by atoms with E-state index in [2.05, 4.69) is 4.72 Å². The van der Waals surface area contributed by atoms with Crippen molar-refractivity contribution in [2.75, 3.05) is 11.3 Å². The van der Waals surface area contributed by atoms with Gasteiger partial charge in [0.1, 0.15) is 5.02 Å². The summed E-state index contributed by atoms with van der Waals surface area (Å²) in [4.78, 5) is 21.5. The van der Waals surface area contributed by atoms with Gasteiger partial charge in [-0.15, -0.1) is 11.3 Å². The van der Waals surface area contributed by atoms with Gasteiger partial charge in [-0.2, -0.15) is 13.2 Å². The summed E-state index contributed by atoms with van der Waals surface area (Å²) < 4.78 is 71.3. The van der Waals surface area contributed by atoms with Crippen molar-refractivity contribution < 1.29 is 46.1 Å². The van der Waals surface area contributed by atoms with Crippen LogP contribution in [0.4, 0.5) is 18.9 Å². The summed E-state index contributed by atoms with van der Waals surface area (Å²) in [5, 5.41) is 18.0. The Balaban J connectivity index is 1.96. The van der Waals surface area contributed by atoms with Crippen molar-refractivity contribution in [3.8, 4) is 16.2 Å². The maximum absolute atomic E-state index is 12.9. The van der Waals surface area contributed by atoms with Gasteiger partial charge in [-0.25, -0.2) is 18.0 Å². The monoisotopic (exact) mass is 535 g/mol. The largest absolute Gasteiger partial charge is 0.479 e. The first-order chi connectivity index (χ1) is 15.8. The average Bonchev–Trinajstić information content (AvgIpc) is 3.08. The Labute approximate surface area is 199 Å². The van der Waals surface area contributed by atoms with Crippen LogP contribution in [0.2, 0.25) is 5.02 Å². The molecule has 8 nitrogen and oxygen atoms in total. The van der Waals surface area contributed by atoms with Crippen LogP contribution in [0.1, 0.15) is 15.2 Å². The molecule has 1 aromatic heterocycles. The van der Waals surface area contributed by atoms with Crippen LogP contribution in [-0.2, 0) is 21.0 Å². The molecule has 0 unspecified atom stereocenters. The quantitative estimate of drug-likeness (QED) is 0.368. The van der Waals surface area contributed by atoms with Crippen molar-refractivity contribution in [2.24, 2.45) is 0 Å². The number of halogens is 4. The van der Waals surface area contributed by atoms with Crippen molar-refractivity contribution in [3.63, 3.8) is 0 Å². The van der Waals surface area contributed by atoms with Crippen LogP contribution in [-0.4, -0.2) is 37.2 Å². The molecule has 0 saturated heterocycles. The van der Waals surface area contributed by atoms with Gasteiger partial charge < -0.3 is 14.9 Å². The van der Waals surface area contributed by atoms with E-state index in [1.807, 2.05) is 0 Å². The number of alkyl halides is 3. The summed E-state index contributed by atoms with van der Waals surface area (Å²) in [6.07, 6.45) is -4.73.